The van der Waals surface area contributed by atoms with Crippen LogP contribution in [0.1, 0.15) is 40.0 Å². The molecule has 0 heteroatoms. The van der Waals surface area contributed by atoms with Gasteiger partial charge < -0.3 is 0 Å². The molecule has 2 unspecified atom stereocenters. The molecule has 0 heterocycles. The summed E-state index contributed by atoms with van der Waals surface area (Å²) in [4.78, 5) is 0. The van der Waals surface area contributed by atoms with Gasteiger partial charge in [0.25, 0.3) is 0 Å². The fourth-order valence-electron chi connectivity index (χ4n) is 1.73. The smallest absolute Gasteiger partial charge is 0.00360 e. The van der Waals surface area contributed by atoms with Gasteiger partial charge in [-0.25, -0.2) is 0 Å². The van der Waals surface area contributed by atoms with Crippen molar-refractivity contribution in [2.24, 2.45) is 11.3 Å². The standard InChI is InChI=1S/C14H22/c1-4-5-10-14(3)11-7-6-8-13(2)9-12-14/h6-9,11-13H,4-5,10H2,1-3H3. The number of rotatable bonds is 3. The third-order valence-corrected chi connectivity index (χ3v) is 2.85. The first-order valence-corrected chi connectivity index (χ1v) is 5.72. The zero-order chi connectivity index (χ0) is 10.4. The molecule has 0 aromatic heterocycles. The van der Waals surface area contributed by atoms with Gasteiger partial charge in [-0.05, 0) is 12.3 Å². The molecule has 0 saturated carbocycles. The van der Waals surface area contributed by atoms with Crippen molar-refractivity contribution in [2.75, 3.05) is 0 Å². The molecule has 14 heavy (non-hydrogen) atoms. The zero-order valence-corrected chi connectivity index (χ0v) is 9.66. The van der Waals surface area contributed by atoms with Gasteiger partial charge in [-0.2, -0.15) is 0 Å². The second-order valence-electron chi connectivity index (χ2n) is 4.57. The van der Waals surface area contributed by atoms with Crippen LogP contribution in [0.2, 0.25) is 0 Å². The summed E-state index contributed by atoms with van der Waals surface area (Å²) in [6.07, 6.45) is 17.4. The summed E-state index contributed by atoms with van der Waals surface area (Å²) in [5, 5.41) is 0. The molecular weight excluding hydrogens is 168 g/mol. The van der Waals surface area contributed by atoms with E-state index in [1.807, 2.05) is 0 Å². The predicted molar refractivity (Wildman–Crippen MR) is 64.2 cm³/mol. The predicted octanol–water partition coefficient (Wildman–Crippen LogP) is 4.50. The largest absolute Gasteiger partial charge is 0.0810 e. The van der Waals surface area contributed by atoms with Crippen molar-refractivity contribution in [3.63, 3.8) is 0 Å². The first kappa shape index (κ1) is 11.3. The van der Waals surface area contributed by atoms with Crippen LogP contribution in [0.4, 0.5) is 0 Å². The van der Waals surface area contributed by atoms with Crippen LogP contribution in [-0.4, -0.2) is 0 Å². The lowest BCUT2D eigenvalue weighted by Crippen LogP contribution is -2.10. The first-order chi connectivity index (χ1) is 6.66. The van der Waals surface area contributed by atoms with Crippen molar-refractivity contribution >= 4 is 0 Å². The third-order valence-electron chi connectivity index (χ3n) is 2.85. The molecule has 0 spiro atoms. The summed E-state index contributed by atoms with van der Waals surface area (Å²) < 4.78 is 0. The Balaban J connectivity index is 2.71. The van der Waals surface area contributed by atoms with E-state index < -0.39 is 0 Å². The van der Waals surface area contributed by atoms with Crippen molar-refractivity contribution in [1.82, 2.24) is 0 Å². The van der Waals surface area contributed by atoms with E-state index in [4.69, 9.17) is 0 Å². The Kier molecular flexibility index (Phi) is 4.19. The second kappa shape index (κ2) is 5.19. The fourth-order valence-corrected chi connectivity index (χ4v) is 1.73. The maximum absolute atomic E-state index is 2.37. The highest BCUT2D eigenvalue weighted by molar-refractivity contribution is 5.19. The maximum atomic E-state index is 2.37. The quantitative estimate of drug-likeness (QED) is 0.575. The van der Waals surface area contributed by atoms with Crippen molar-refractivity contribution in [3.05, 3.63) is 36.5 Å². The van der Waals surface area contributed by atoms with E-state index in [1.165, 1.54) is 19.3 Å². The molecule has 0 bridgehead atoms. The third kappa shape index (κ3) is 3.53. The Morgan fingerprint density at radius 2 is 1.93 bits per heavy atom. The lowest BCUT2D eigenvalue weighted by molar-refractivity contribution is 0.471. The van der Waals surface area contributed by atoms with Gasteiger partial charge in [0.2, 0.25) is 0 Å². The van der Waals surface area contributed by atoms with Crippen molar-refractivity contribution in [2.45, 2.75) is 40.0 Å². The Bertz CT molecular complexity index is 245. The summed E-state index contributed by atoms with van der Waals surface area (Å²) in [6.45, 7) is 6.80. The Hall–Kier alpha value is -0.780. The van der Waals surface area contributed by atoms with Crippen LogP contribution in [0.15, 0.2) is 36.5 Å². The topological polar surface area (TPSA) is 0 Å². The van der Waals surface area contributed by atoms with Gasteiger partial charge in [-0.3, -0.25) is 0 Å². The summed E-state index contributed by atoms with van der Waals surface area (Å²) >= 11 is 0. The van der Waals surface area contributed by atoms with Crippen LogP contribution in [-0.2, 0) is 0 Å². The first-order valence-electron chi connectivity index (χ1n) is 5.72. The molecule has 0 aromatic carbocycles. The van der Waals surface area contributed by atoms with Gasteiger partial charge in [-0.1, -0.05) is 70.1 Å². The maximum Gasteiger partial charge on any atom is 0.00360 e. The summed E-state index contributed by atoms with van der Waals surface area (Å²) in [6, 6.07) is 0. The van der Waals surface area contributed by atoms with Crippen molar-refractivity contribution in [3.8, 4) is 0 Å². The molecular formula is C14H22. The highest BCUT2D eigenvalue weighted by atomic mass is 14.2. The van der Waals surface area contributed by atoms with Gasteiger partial charge in [0, 0.05) is 5.41 Å². The molecule has 0 aromatic rings. The SMILES string of the molecule is CCCCC1(C)C=CC=CC(C)C=C1. The van der Waals surface area contributed by atoms with E-state index in [0.29, 0.717) is 5.92 Å². The monoisotopic (exact) mass is 190 g/mol. The summed E-state index contributed by atoms with van der Waals surface area (Å²) in [5.41, 5.74) is 0.273. The lowest BCUT2D eigenvalue weighted by Gasteiger charge is -2.23. The summed E-state index contributed by atoms with van der Waals surface area (Å²) in [7, 11) is 0. The van der Waals surface area contributed by atoms with Gasteiger partial charge >= 0.3 is 0 Å². The minimum atomic E-state index is 0.273. The number of hydrogen-bond acceptors (Lipinski definition) is 0. The van der Waals surface area contributed by atoms with Crippen LogP contribution in [0.25, 0.3) is 0 Å². The van der Waals surface area contributed by atoms with Gasteiger partial charge in [0.05, 0.1) is 0 Å². The molecule has 0 saturated heterocycles. The molecule has 0 aliphatic heterocycles. The van der Waals surface area contributed by atoms with Crippen LogP contribution < -0.4 is 0 Å². The minimum Gasteiger partial charge on any atom is -0.0810 e. The average molecular weight is 190 g/mol. The fraction of sp³-hybridized carbons (Fsp3) is 0.571. The van der Waals surface area contributed by atoms with Gasteiger partial charge in [-0.15, -0.1) is 0 Å². The van der Waals surface area contributed by atoms with Crippen LogP contribution in [0.5, 0.6) is 0 Å². The second-order valence-corrected chi connectivity index (χ2v) is 4.57. The van der Waals surface area contributed by atoms with Crippen LogP contribution in [0.3, 0.4) is 0 Å². The normalized spacial score (nSPS) is 31.5. The van der Waals surface area contributed by atoms with Crippen LogP contribution >= 0.6 is 0 Å². The molecule has 1 rings (SSSR count). The Morgan fingerprint density at radius 3 is 2.64 bits per heavy atom. The lowest BCUT2D eigenvalue weighted by atomic mass is 9.82. The van der Waals surface area contributed by atoms with E-state index in [0.717, 1.165) is 0 Å². The molecule has 1 aliphatic rings. The molecule has 1 aliphatic carbocycles. The average Bonchev–Trinajstić information content (AvgIpc) is 2.17. The highest BCUT2D eigenvalue weighted by Crippen LogP contribution is 2.29. The molecule has 0 radical (unpaired) electrons. The molecule has 0 N–H and O–H groups in total. The Morgan fingerprint density at radius 1 is 1.14 bits per heavy atom. The van der Waals surface area contributed by atoms with E-state index in [2.05, 4.69) is 57.2 Å². The molecule has 2 atom stereocenters. The zero-order valence-electron chi connectivity index (χ0n) is 9.66. The minimum absolute atomic E-state index is 0.273. The molecule has 0 nitrogen and oxygen atoms in total. The van der Waals surface area contributed by atoms with Crippen molar-refractivity contribution < 1.29 is 0 Å². The van der Waals surface area contributed by atoms with E-state index in [1.54, 1.807) is 0 Å². The summed E-state index contributed by atoms with van der Waals surface area (Å²) in [5.74, 6) is 0.570. The molecule has 0 fully saturated rings. The Labute approximate surface area is 88.4 Å². The number of hydrogen-bond donors (Lipinski definition) is 0. The van der Waals surface area contributed by atoms with Gasteiger partial charge in [0.15, 0.2) is 0 Å². The highest BCUT2D eigenvalue weighted by Gasteiger charge is 2.16. The van der Waals surface area contributed by atoms with Crippen LogP contribution in [0, 0.1) is 11.3 Å². The molecule has 0 amide bonds. The van der Waals surface area contributed by atoms with E-state index in [-0.39, 0.29) is 5.41 Å². The van der Waals surface area contributed by atoms with E-state index in [9.17, 15) is 0 Å². The number of unbranched alkanes of at least 4 members (excludes halogenated alkanes) is 1. The van der Waals surface area contributed by atoms with Crippen molar-refractivity contribution in [1.29, 1.82) is 0 Å². The van der Waals surface area contributed by atoms with E-state index >= 15 is 0 Å². The molecule has 78 valence electrons. The number of allylic oxidation sites excluding steroid dienone is 6. The van der Waals surface area contributed by atoms with Gasteiger partial charge in [0.1, 0.15) is 0 Å².